The van der Waals surface area contributed by atoms with Crippen molar-refractivity contribution in [1.82, 2.24) is 9.97 Å². The van der Waals surface area contributed by atoms with Crippen LogP contribution in [0.5, 0.6) is 11.5 Å². The number of hydrogen-bond donors (Lipinski definition) is 0. The Kier molecular flexibility index (Phi) is 11.9. The molecule has 39 heavy (non-hydrogen) atoms. The van der Waals surface area contributed by atoms with Crippen molar-refractivity contribution >= 4 is 24.3 Å². The van der Waals surface area contributed by atoms with Crippen LogP contribution in [0.15, 0.2) is 97.3 Å². The third-order valence-electron chi connectivity index (χ3n) is 6.35. The molecule has 0 atom stereocenters. The van der Waals surface area contributed by atoms with Crippen LogP contribution in [0.4, 0.5) is 0 Å². The van der Waals surface area contributed by atoms with E-state index in [2.05, 4.69) is 46.4 Å². The first-order valence-electron chi connectivity index (χ1n) is 14.0. The summed E-state index contributed by atoms with van der Waals surface area (Å²) in [6.45, 7) is 1.55. The Morgan fingerprint density at radius 1 is 0.436 bits per heavy atom. The number of rotatable bonds is 16. The zero-order chi connectivity index (χ0) is 26.8. The summed E-state index contributed by atoms with van der Waals surface area (Å²) in [5.74, 6) is 1.86. The normalized spacial score (nSPS) is 11.3. The quantitative estimate of drug-likeness (QED) is 0.139. The van der Waals surface area contributed by atoms with Crippen molar-refractivity contribution in [3.05, 3.63) is 120 Å². The van der Waals surface area contributed by atoms with Gasteiger partial charge >= 0.3 is 0 Å². The second-order valence-electron chi connectivity index (χ2n) is 9.49. The van der Waals surface area contributed by atoms with E-state index in [1.807, 2.05) is 72.8 Å². The Hall–Kier alpha value is -4.18. The van der Waals surface area contributed by atoms with Crippen LogP contribution in [-0.4, -0.2) is 23.2 Å². The monoisotopic (exact) mass is 518 g/mol. The van der Waals surface area contributed by atoms with Crippen molar-refractivity contribution in [2.45, 2.75) is 44.9 Å². The minimum Gasteiger partial charge on any atom is -0.494 e. The Morgan fingerprint density at radius 2 is 0.846 bits per heavy atom. The summed E-state index contributed by atoms with van der Waals surface area (Å²) >= 11 is 0. The van der Waals surface area contributed by atoms with E-state index in [0.717, 1.165) is 60.1 Å². The van der Waals surface area contributed by atoms with Gasteiger partial charge in [-0.2, -0.15) is 0 Å². The predicted molar refractivity (Wildman–Crippen MR) is 163 cm³/mol. The number of benzene rings is 2. The van der Waals surface area contributed by atoms with Crippen LogP contribution in [0.25, 0.3) is 24.3 Å². The van der Waals surface area contributed by atoms with Gasteiger partial charge in [0.25, 0.3) is 0 Å². The second kappa shape index (κ2) is 16.6. The number of pyridine rings is 2. The summed E-state index contributed by atoms with van der Waals surface area (Å²) in [4.78, 5) is 8.61. The van der Waals surface area contributed by atoms with Crippen molar-refractivity contribution in [2.75, 3.05) is 13.2 Å². The molecule has 0 aliphatic rings. The van der Waals surface area contributed by atoms with E-state index in [1.165, 1.54) is 32.1 Å². The molecule has 2 aromatic carbocycles. The summed E-state index contributed by atoms with van der Waals surface area (Å²) in [5, 5.41) is 0. The highest BCUT2D eigenvalue weighted by molar-refractivity contribution is 5.68. The molecule has 0 aliphatic heterocycles. The lowest BCUT2D eigenvalue weighted by atomic mass is 10.1. The molecule has 0 aliphatic carbocycles. The Labute approximate surface area is 233 Å². The van der Waals surface area contributed by atoms with E-state index in [0.29, 0.717) is 0 Å². The maximum atomic E-state index is 5.91. The van der Waals surface area contributed by atoms with Crippen LogP contribution < -0.4 is 9.47 Å². The van der Waals surface area contributed by atoms with Gasteiger partial charge in [-0.25, -0.2) is 0 Å². The molecule has 0 N–H and O–H groups in total. The van der Waals surface area contributed by atoms with E-state index >= 15 is 0 Å². The molecule has 0 amide bonds. The summed E-state index contributed by atoms with van der Waals surface area (Å²) in [7, 11) is 0. The molecular formula is C35H38N2O2. The summed E-state index contributed by atoms with van der Waals surface area (Å²) in [6, 6.07) is 28.3. The molecule has 0 fully saturated rings. The third-order valence-corrected chi connectivity index (χ3v) is 6.35. The molecular weight excluding hydrogens is 480 g/mol. The second-order valence-corrected chi connectivity index (χ2v) is 9.49. The fourth-order valence-electron chi connectivity index (χ4n) is 4.13. The molecule has 4 nitrogen and oxygen atoms in total. The maximum absolute atomic E-state index is 5.91. The van der Waals surface area contributed by atoms with Gasteiger partial charge in [0.2, 0.25) is 0 Å². The molecule has 2 heterocycles. The molecule has 0 bridgehead atoms. The number of ether oxygens (including phenoxy) is 2. The van der Waals surface area contributed by atoms with Gasteiger partial charge in [0.15, 0.2) is 0 Å². The van der Waals surface area contributed by atoms with Gasteiger partial charge in [0.05, 0.1) is 24.6 Å². The van der Waals surface area contributed by atoms with Crippen LogP contribution >= 0.6 is 0 Å². The average Bonchev–Trinajstić information content (AvgIpc) is 3.00. The van der Waals surface area contributed by atoms with Gasteiger partial charge in [0, 0.05) is 12.4 Å². The summed E-state index contributed by atoms with van der Waals surface area (Å²) < 4.78 is 11.8. The zero-order valence-corrected chi connectivity index (χ0v) is 22.6. The van der Waals surface area contributed by atoms with Gasteiger partial charge in [-0.15, -0.1) is 0 Å². The predicted octanol–water partition coefficient (Wildman–Crippen LogP) is 9.01. The SMILES string of the molecule is C(=C\c1ccccn1)/c1ccc(OCCCCCCCCCOc2ccc(/C=C/c3ccccn3)cc2)cc1. The Balaban J connectivity index is 0.982. The fourth-order valence-corrected chi connectivity index (χ4v) is 4.13. The van der Waals surface area contributed by atoms with E-state index < -0.39 is 0 Å². The standard InChI is InChI=1S/C35H38N2O2/c1(2-4-10-28-38-34-22-16-30(17-23-34)14-20-32-12-6-8-26-36-32)3-5-11-29-39-35-24-18-31(19-25-35)15-21-33-13-7-9-27-37-33/h6-9,12-27H,1-5,10-11,28-29H2/b20-14+,21-15+. The number of nitrogens with zero attached hydrogens (tertiary/aromatic N) is 2. The van der Waals surface area contributed by atoms with Gasteiger partial charge in [-0.1, -0.05) is 80.7 Å². The third kappa shape index (κ3) is 11.0. The van der Waals surface area contributed by atoms with Crippen LogP contribution in [-0.2, 0) is 0 Å². The van der Waals surface area contributed by atoms with E-state index in [-0.39, 0.29) is 0 Å². The highest BCUT2D eigenvalue weighted by Crippen LogP contribution is 2.17. The highest BCUT2D eigenvalue weighted by Gasteiger charge is 1.98. The van der Waals surface area contributed by atoms with Gasteiger partial charge in [-0.05, 0) is 84.7 Å². The summed E-state index contributed by atoms with van der Waals surface area (Å²) in [5.41, 5.74) is 4.19. The number of unbranched alkanes of at least 4 members (excludes halogenated alkanes) is 6. The van der Waals surface area contributed by atoms with Crippen molar-refractivity contribution in [2.24, 2.45) is 0 Å². The molecule has 200 valence electrons. The van der Waals surface area contributed by atoms with Crippen LogP contribution in [0.1, 0.15) is 67.5 Å². The molecule has 0 radical (unpaired) electrons. The molecule has 4 rings (SSSR count). The fraction of sp³-hybridized carbons (Fsp3) is 0.257. The molecule has 0 unspecified atom stereocenters. The van der Waals surface area contributed by atoms with Crippen LogP contribution in [0.2, 0.25) is 0 Å². The van der Waals surface area contributed by atoms with E-state index in [4.69, 9.17) is 9.47 Å². The first-order valence-corrected chi connectivity index (χ1v) is 14.0. The molecule has 0 spiro atoms. The first kappa shape index (κ1) is 27.8. The minimum atomic E-state index is 0.773. The van der Waals surface area contributed by atoms with E-state index in [1.54, 1.807) is 12.4 Å². The molecule has 2 aromatic heterocycles. The van der Waals surface area contributed by atoms with Crippen molar-refractivity contribution in [3.63, 3.8) is 0 Å². The van der Waals surface area contributed by atoms with E-state index in [9.17, 15) is 0 Å². The number of hydrogen-bond acceptors (Lipinski definition) is 4. The molecule has 0 saturated carbocycles. The zero-order valence-electron chi connectivity index (χ0n) is 22.6. The maximum Gasteiger partial charge on any atom is 0.119 e. The van der Waals surface area contributed by atoms with Crippen molar-refractivity contribution in [3.8, 4) is 11.5 Å². The average molecular weight is 519 g/mol. The Bertz CT molecular complexity index is 1150. The lowest BCUT2D eigenvalue weighted by Crippen LogP contribution is -1.98. The van der Waals surface area contributed by atoms with Crippen molar-refractivity contribution in [1.29, 1.82) is 0 Å². The molecule has 4 heteroatoms. The highest BCUT2D eigenvalue weighted by atomic mass is 16.5. The summed E-state index contributed by atoms with van der Waals surface area (Å²) in [6.07, 6.45) is 20.2. The minimum absolute atomic E-state index is 0.773. The lowest BCUT2D eigenvalue weighted by Gasteiger charge is -2.07. The molecule has 0 saturated heterocycles. The number of aromatic nitrogens is 2. The lowest BCUT2D eigenvalue weighted by molar-refractivity contribution is 0.299. The Morgan fingerprint density at radius 3 is 1.23 bits per heavy atom. The van der Waals surface area contributed by atoms with Gasteiger partial charge in [0.1, 0.15) is 11.5 Å². The van der Waals surface area contributed by atoms with Crippen LogP contribution in [0.3, 0.4) is 0 Å². The van der Waals surface area contributed by atoms with Gasteiger partial charge in [-0.3, -0.25) is 9.97 Å². The van der Waals surface area contributed by atoms with Gasteiger partial charge < -0.3 is 9.47 Å². The smallest absolute Gasteiger partial charge is 0.119 e. The van der Waals surface area contributed by atoms with Crippen LogP contribution in [0, 0.1) is 0 Å². The first-order chi connectivity index (χ1) is 19.3. The largest absolute Gasteiger partial charge is 0.494 e. The molecule has 4 aromatic rings. The van der Waals surface area contributed by atoms with Crippen molar-refractivity contribution < 1.29 is 9.47 Å². The topological polar surface area (TPSA) is 44.2 Å².